The van der Waals surface area contributed by atoms with E-state index >= 15 is 0 Å². The second kappa shape index (κ2) is 7.20. The number of urea groups is 1. The first-order chi connectivity index (χ1) is 12.5. The second-order valence-corrected chi connectivity index (χ2v) is 9.26. The Morgan fingerprint density at radius 1 is 0.923 bits per heavy atom. The molecule has 5 fully saturated rings. The van der Waals surface area contributed by atoms with Crippen LogP contribution >= 0.6 is 0 Å². The van der Waals surface area contributed by atoms with Crippen molar-refractivity contribution in [2.45, 2.75) is 76.7 Å². The third-order valence-corrected chi connectivity index (χ3v) is 6.99. The lowest BCUT2D eigenvalue weighted by Crippen LogP contribution is -2.47. The molecule has 4 bridgehead atoms. The van der Waals surface area contributed by atoms with Gasteiger partial charge in [-0.2, -0.15) is 0 Å². The second-order valence-electron chi connectivity index (χ2n) is 9.26. The minimum absolute atomic E-state index is 0.113. The molecule has 0 atom stereocenters. The number of carbonyl (C=O) groups is 3. The summed E-state index contributed by atoms with van der Waals surface area (Å²) in [6, 6.07) is -0.333. The van der Waals surface area contributed by atoms with Gasteiger partial charge in [-0.05, 0) is 74.5 Å². The molecule has 0 spiro atoms. The number of amides is 3. The monoisotopic (exact) mass is 362 g/mol. The fourth-order valence-electron chi connectivity index (χ4n) is 6.46. The molecule has 26 heavy (non-hydrogen) atoms. The fourth-order valence-corrected chi connectivity index (χ4v) is 6.46. The van der Waals surface area contributed by atoms with Crippen molar-refractivity contribution in [3.8, 4) is 0 Å². The number of ether oxygens (including phenoxy) is 1. The molecule has 5 rings (SSSR count). The van der Waals surface area contributed by atoms with E-state index in [9.17, 15) is 14.4 Å². The van der Waals surface area contributed by atoms with Gasteiger partial charge in [-0.25, -0.2) is 4.79 Å². The maximum absolute atomic E-state index is 12.3. The van der Waals surface area contributed by atoms with E-state index < -0.39 is 11.9 Å². The lowest BCUT2D eigenvalue weighted by Gasteiger charge is -2.56. The molecule has 0 heterocycles. The zero-order valence-electron chi connectivity index (χ0n) is 15.4. The minimum atomic E-state index is -0.556. The number of imide groups is 1. The van der Waals surface area contributed by atoms with Crippen molar-refractivity contribution in [3.63, 3.8) is 0 Å². The molecule has 5 aliphatic carbocycles. The van der Waals surface area contributed by atoms with E-state index in [1.54, 1.807) is 0 Å². The smallest absolute Gasteiger partial charge is 0.321 e. The quantitative estimate of drug-likeness (QED) is 0.737. The zero-order valence-corrected chi connectivity index (χ0v) is 15.4. The van der Waals surface area contributed by atoms with Crippen LogP contribution in [-0.4, -0.2) is 30.6 Å². The standard InChI is InChI=1S/C20H30N2O4/c23-17(22-19(25)21-16-3-1-2-4-16)12-26-18(24)11-20-8-13-5-14(9-20)7-15(6-13)10-20/h13-16H,1-12H2,(H2,21,22,23,25). The van der Waals surface area contributed by atoms with Crippen molar-refractivity contribution >= 4 is 17.9 Å². The highest BCUT2D eigenvalue weighted by atomic mass is 16.5. The summed E-state index contributed by atoms with van der Waals surface area (Å²) < 4.78 is 5.18. The van der Waals surface area contributed by atoms with Gasteiger partial charge in [-0.15, -0.1) is 0 Å². The average molecular weight is 362 g/mol. The van der Waals surface area contributed by atoms with Crippen LogP contribution in [0.2, 0.25) is 0 Å². The molecule has 6 nitrogen and oxygen atoms in total. The molecule has 144 valence electrons. The van der Waals surface area contributed by atoms with Crippen LogP contribution in [0.5, 0.6) is 0 Å². The first kappa shape index (κ1) is 17.8. The maximum atomic E-state index is 12.3. The van der Waals surface area contributed by atoms with Crippen molar-refractivity contribution in [2.24, 2.45) is 23.2 Å². The summed E-state index contributed by atoms with van der Waals surface area (Å²) in [4.78, 5) is 35.9. The van der Waals surface area contributed by atoms with Crippen LogP contribution in [0.1, 0.15) is 70.6 Å². The van der Waals surface area contributed by atoms with Crippen molar-refractivity contribution < 1.29 is 19.1 Å². The highest BCUT2D eigenvalue weighted by Crippen LogP contribution is 2.61. The fraction of sp³-hybridized carbons (Fsp3) is 0.850. The van der Waals surface area contributed by atoms with E-state index in [1.807, 2.05) is 0 Å². The van der Waals surface area contributed by atoms with Gasteiger partial charge in [0.1, 0.15) is 0 Å². The summed E-state index contributed by atoms with van der Waals surface area (Å²) in [6.07, 6.45) is 12.0. The largest absolute Gasteiger partial charge is 0.456 e. The summed E-state index contributed by atoms with van der Waals surface area (Å²) in [5.74, 6) is 1.52. The molecule has 5 aliphatic rings. The number of nitrogens with one attached hydrogen (secondary N) is 2. The van der Waals surface area contributed by atoms with E-state index in [4.69, 9.17) is 4.74 Å². The summed E-state index contributed by atoms with van der Waals surface area (Å²) in [5.41, 5.74) is 0.113. The average Bonchev–Trinajstić information content (AvgIpc) is 3.04. The Morgan fingerprint density at radius 3 is 2.08 bits per heavy atom. The minimum Gasteiger partial charge on any atom is -0.456 e. The normalized spacial score (nSPS) is 35.3. The number of carbonyl (C=O) groups excluding carboxylic acids is 3. The molecule has 2 N–H and O–H groups in total. The number of rotatable bonds is 5. The predicted octanol–water partition coefficient (Wildman–Crippen LogP) is 2.90. The first-order valence-electron chi connectivity index (χ1n) is 10.3. The summed E-state index contributed by atoms with van der Waals surface area (Å²) in [5, 5.41) is 5.04. The van der Waals surface area contributed by atoms with Crippen LogP contribution < -0.4 is 10.6 Å². The third kappa shape index (κ3) is 4.04. The predicted molar refractivity (Wildman–Crippen MR) is 95.1 cm³/mol. The topological polar surface area (TPSA) is 84.5 Å². The molecule has 0 aliphatic heterocycles. The summed E-state index contributed by atoms with van der Waals surface area (Å²) in [6.45, 7) is -0.372. The van der Waals surface area contributed by atoms with E-state index in [1.165, 1.54) is 19.3 Å². The third-order valence-electron chi connectivity index (χ3n) is 6.99. The highest BCUT2D eigenvalue weighted by Gasteiger charge is 2.51. The van der Waals surface area contributed by atoms with Gasteiger partial charge in [0.05, 0.1) is 6.42 Å². The first-order valence-corrected chi connectivity index (χ1v) is 10.3. The Kier molecular flexibility index (Phi) is 4.93. The molecule has 0 aromatic carbocycles. The van der Waals surface area contributed by atoms with Crippen molar-refractivity contribution in [2.75, 3.05) is 6.61 Å². The van der Waals surface area contributed by atoms with Gasteiger partial charge < -0.3 is 10.1 Å². The summed E-state index contributed by atoms with van der Waals surface area (Å²) in [7, 11) is 0. The molecule has 5 saturated carbocycles. The molecule has 0 aromatic heterocycles. The Hall–Kier alpha value is -1.59. The highest BCUT2D eigenvalue weighted by molar-refractivity contribution is 5.95. The maximum Gasteiger partial charge on any atom is 0.321 e. The summed E-state index contributed by atoms with van der Waals surface area (Å²) >= 11 is 0. The van der Waals surface area contributed by atoms with Crippen LogP contribution in [-0.2, 0) is 14.3 Å². The number of esters is 1. The molecular weight excluding hydrogens is 332 g/mol. The Balaban J connectivity index is 1.19. The number of hydrogen-bond donors (Lipinski definition) is 2. The molecule has 0 aromatic rings. The van der Waals surface area contributed by atoms with Crippen molar-refractivity contribution in [3.05, 3.63) is 0 Å². The van der Waals surface area contributed by atoms with Crippen LogP contribution in [0.4, 0.5) is 4.79 Å². The molecule has 0 radical (unpaired) electrons. The van der Waals surface area contributed by atoms with Crippen LogP contribution in [0.3, 0.4) is 0 Å². The number of hydrogen-bond acceptors (Lipinski definition) is 4. The molecule has 3 amide bonds. The van der Waals surface area contributed by atoms with Crippen LogP contribution in [0, 0.1) is 23.2 Å². The van der Waals surface area contributed by atoms with Crippen LogP contribution in [0.25, 0.3) is 0 Å². The molecule has 6 heteroatoms. The van der Waals surface area contributed by atoms with Crippen molar-refractivity contribution in [1.29, 1.82) is 0 Å². The van der Waals surface area contributed by atoms with E-state index in [2.05, 4.69) is 10.6 Å². The van der Waals surface area contributed by atoms with Gasteiger partial charge in [0.25, 0.3) is 5.91 Å². The van der Waals surface area contributed by atoms with Crippen LogP contribution in [0.15, 0.2) is 0 Å². The lowest BCUT2D eigenvalue weighted by molar-refractivity contribution is -0.155. The Bertz CT molecular complexity index is 547. The van der Waals surface area contributed by atoms with Gasteiger partial charge in [0.15, 0.2) is 6.61 Å². The lowest BCUT2D eigenvalue weighted by atomic mass is 9.49. The van der Waals surface area contributed by atoms with Gasteiger partial charge in [0, 0.05) is 6.04 Å². The molecule has 0 unspecified atom stereocenters. The van der Waals surface area contributed by atoms with E-state index in [0.717, 1.165) is 62.7 Å². The van der Waals surface area contributed by atoms with Gasteiger partial charge >= 0.3 is 12.0 Å². The SMILES string of the molecule is O=C(COC(=O)CC12CC3CC(CC(C3)C1)C2)NC(=O)NC1CCCC1. The zero-order chi connectivity index (χ0) is 18.1. The van der Waals surface area contributed by atoms with Gasteiger partial charge in [-0.3, -0.25) is 14.9 Å². The molecular formula is C20H30N2O4. The van der Waals surface area contributed by atoms with Gasteiger partial charge in [-0.1, -0.05) is 12.8 Å². The molecule has 0 saturated heterocycles. The Labute approximate surface area is 154 Å². The van der Waals surface area contributed by atoms with E-state index in [-0.39, 0.29) is 24.0 Å². The van der Waals surface area contributed by atoms with Crippen molar-refractivity contribution in [1.82, 2.24) is 10.6 Å². The van der Waals surface area contributed by atoms with E-state index in [0.29, 0.717) is 6.42 Å². The Morgan fingerprint density at radius 2 is 1.50 bits per heavy atom. The van der Waals surface area contributed by atoms with Gasteiger partial charge in [0.2, 0.25) is 0 Å².